The number of hydrogen-bond acceptors (Lipinski definition) is 3. The van der Waals surface area contributed by atoms with Gasteiger partial charge < -0.3 is 15.7 Å². The molecular weight excluding hydrogens is 240 g/mol. The second-order valence-electron chi connectivity index (χ2n) is 6.45. The molecule has 0 saturated heterocycles. The topological polar surface area (TPSA) is 61.4 Å². The fraction of sp³-hybridized carbons (Fsp3) is 0.933. The van der Waals surface area contributed by atoms with Gasteiger partial charge in [0.15, 0.2) is 0 Å². The van der Waals surface area contributed by atoms with Crippen molar-refractivity contribution >= 4 is 5.91 Å². The highest BCUT2D eigenvalue weighted by molar-refractivity contribution is 5.82. The molecule has 0 aromatic carbocycles. The number of aliphatic hydroxyl groups is 1. The lowest BCUT2D eigenvalue weighted by Gasteiger charge is -2.34. The van der Waals surface area contributed by atoms with Crippen LogP contribution in [0.5, 0.6) is 0 Å². The minimum atomic E-state index is -0.206. The first-order chi connectivity index (χ1) is 8.89. The van der Waals surface area contributed by atoms with Crippen LogP contribution in [0.25, 0.3) is 0 Å². The summed E-state index contributed by atoms with van der Waals surface area (Å²) in [6, 6.07) is 0.0622. The number of nitrogens with one attached hydrogen (secondary N) is 2. The van der Waals surface area contributed by atoms with E-state index in [1.165, 1.54) is 12.8 Å². The quantitative estimate of drug-likeness (QED) is 0.690. The molecule has 4 heteroatoms. The Hall–Kier alpha value is -0.610. The molecule has 1 saturated carbocycles. The van der Waals surface area contributed by atoms with Gasteiger partial charge in [0.05, 0.1) is 6.04 Å². The van der Waals surface area contributed by atoms with Crippen molar-refractivity contribution in [1.29, 1.82) is 0 Å². The lowest BCUT2D eigenvalue weighted by molar-refractivity contribution is -0.124. The van der Waals surface area contributed by atoms with Crippen LogP contribution < -0.4 is 10.6 Å². The highest BCUT2D eigenvalue weighted by Gasteiger charge is 2.28. The van der Waals surface area contributed by atoms with E-state index in [0.29, 0.717) is 5.92 Å². The van der Waals surface area contributed by atoms with Gasteiger partial charge in [-0.15, -0.1) is 0 Å². The van der Waals surface area contributed by atoms with Gasteiger partial charge in [-0.05, 0) is 46.0 Å². The monoisotopic (exact) mass is 270 g/mol. The third-order valence-corrected chi connectivity index (χ3v) is 4.35. The molecule has 1 amide bonds. The van der Waals surface area contributed by atoms with Crippen LogP contribution >= 0.6 is 0 Å². The molecule has 3 N–H and O–H groups in total. The average molecular weight is 270 g/mol. The van der Waals surface area contributed by atoms with Crippen LogP contribution in [0.1, 0.15) is 59.8 Å². The molecule has 1 aliphatic rings. The summed E-state index contributed by atoms with van der Waals surface area (Å²) in [6.07, 6.45) is 5.40. The maximum atomic E-state index is 12.2. The summed E-state index contributed by atoms with van der Waals surface area (Å²) in [5, 5.41) is 15.9. The van der Waals surface area contributed by atoms with E-state index in [1.807, 2.05) is 20.8 Å². The van der Waals surface area contributed by atoms with Gasteiger partial charge in [0.2, 0.25) is 5.91 Å². The van der Waals surface area contributed by atoms with Crippen LogP contribution in [0.15, 0.2) is 0 Å². The average Bonchev–Trinajstić information content (AvgIpc) is 2.38. The standard InChI is InChI=1S/C15H30N2O2/c1-5-15(3,4)17-14(19)11(2)16-13-9-7-6-8-12(13)10-18/h11-13,16,18H,5-10H2,1-4H3,(H,17,19). The first-order valence-corrected chi connectivity index (χ1v) is 7.58. The van der Waals surface area contributed by atoms with Crippen LogP contribution in [0.2, 0.25) is 0 Å². The Morgan fingerprint density at radius 2 is 2.00 bits per heavy atom. The highest BCUT2D eigenvalue weighted by Crippen LogP contribution is 2.24. The predicted molar refractivity (Wildman–Crippen MR) is 77.9 cm³/mol. The van der Waals surface area contributed by atoms with Crippen LogP contribution in [-0.4, -0.2) is 35.2 Å². The molecule has 4 nitrogen and oxygen atoms in total. The molecule has 0 aliphatic heterocycles. The number of rotatable bonds is 6. The molecule has 112 valence electrons. The van der Waals surface area contributed by atoms with E-state index in [0.717, 1.165) is 19.3 Å². The summed E-state index contributed by atoms with van der Waals surface area (Å²) in [6.45, 7) is 8.27. The first kappa shape index (κ1) is 16.4. The molecular formula is C15H30N2O2. The summed E-state index contributed by atoms with van der Waals surface area (Å²) >= 11 is 0. The normalized spacial score (nSPS) is 25.9. The summed E-state index contributed by atoms with van der Waals surface area (Å²) in [4.78, 5) is 12.2. The maximum Gasteiger partial charge on any atom is 0.237 e. The summed E-state index contributed by atoms with van der Waals surface area (Å²) < 4.78 is 0. The Kier molecular flexibility index (Phi) is 6.27. The predicted octanol–water partition coefficient (Wildman–Crippen LogP) is 1.82. The largest absolute Gasteiger partial charge is 0.396 e. The fourth-order valence-corrected chi connectivity index (χ4v) is 2.57. The van der Waals surface area contributed by atoms with E-state index in [9.17, 15) is 9.90 Å². The molecule has 0 radical (unpaired) electrons. The highest BCUT2D eigenvalue weighted by atomic mass is 16.3. The van der Waals surface area contributed by atoms with Gasteiger partial charge in [-0.1, -0.05) is 19.8 Å². The van der Waals surface area contributed by atoms with Gasteiger partial charge >= 0.3 is 0 Å². The fourth-order valence-electron chi connectivity index (χ4n) is 2.57. The Morgan fingerprint density at radius 1 is 1.37 bits per heavy atom. The minimum Gasteiger partial charge on any atom is -0.396 e. The van der Waals surface area contributed by atoms with E-state index >= 15 is 0 Å². The van der Waals surface area contributed by atoms with Crippen LogP contribution in [0.4, 0.5) is 0 Å². The second-order valence-corrected chi connectivity index (χ2v) is 6.45. The lowest BCUT2D eigenvalue weighted by atomic mass is 9.84. The zero-order chi connectivity index (χ0) is 14.5. The number of aliphatic hydroxyl groups excluding tert-OH is 1. The Morgan fingerprint density at radius 3 is 2.58 bits per heavy atom. The molecule has 3 unspecified atom stereocenters. The van der Waals surface area contributed by atoms with E-state index in [-0.39, 0.29) is 30.1 Å². The SMILES string of the molecule is CCC(C)(C)NC(=O)C(C)NC1CCCCC1CO. The van der Waals surface area contributed by atoms with Crippen LogP contribution in [-0.2, 0) is 4.79 Å². The molecule has 0 aromatic heterocycles. The van der Waals surface area contributed by atoms with Crippen molar-refractivity contribution in [2.75, 3.05) is 6.61 Å². The molecule has 19 heavy (non-hydrogen) atoms. The number of carbonyl (C=O) groups excluding carboxylic acids is 1. The number of amides is 1. The van der Waals surface area contributed by atoms with Crippen molar-refractivity contribution in [3.63, 3.8) is 0 Å². The molecule has 1 aliphatic carbocycles. The Bertz CT molecular complexity index is 292. The molecule has 0 aromatic rings. The van der Waals surface area contributed by atoms with Gasteiger partial charge in [0.25, 0.3) is 0 Å². The van der Waals surface area contributed by atoms with Crippen molar-refractivity contribution in [3.8, 4) is 0 Å². The number of carbonyl (C=O) groups is 1. The van der Waals surface area contributed by atoms with Crippen LogP contribution in [0, 0.1) is 5.92 Å². The van der Waals surface area contributed by atoms with Gasteiger partial charge in [0.1, 0.15) is 0 Å². The zero-order valence-corrected chi connectivity index (χ0v) is 12.8. The van der Waals surface area contributed by atoms with Gasteiger partial charge in [-0.3, -0.25) is 4.79 Å². The molecule has 1 rings (SSSR count). The van der Waals surface area contributed by atoms with E-state index in [4.69, 9.17) is 0 Å². The summed E-state index contributed by atoms with van der Waals surface area (Å²) in [7, 11) is 0. The van der Waals surface area contributed by atoms with Crippen LogP contribution in [0.3, 0.4) is 0 Å². The smallest absolute Gasteiger partial charge is 0.237 e. The second kappa shape index (κ2) is 7.25. The molecule has 1 fully saturated rings. The van der Waals surface area contributed by atoms with Crippen molar-refractivity contribution < 1.29 is 9.90 Å². The Balaban J connectivity index is 2.48. The van der Waals surface area contributed by atoms with E-state index in [1.54, 1.807) is 0 Å². The first-order valence-electron chi connectivity index (χ1n) is 7.58. The molecule has 0 bridgehead atoms. The third kappa shape index (κ3) is 5.11. The van der Waals surface area contributed by atoms with Gasteiger partial charge in [-0.25, -0.2) is 0 Å². The summed E-state index contributed by atoms with van der Waals surface area (Å²) in [5.74, 6) is 0.345. The van der Waals surface area contributed by atoms with Gasteiger partial charge in [0, 0.05) is 18.2 Å². The third-order valence-electron chi connectivity index (χ3n) is 4.35. The molecule has 0 spiro atoms. The number of hydrogen-bond donors (Lipinski definition) is 3. The lowest BCUT2D eigenvalue weighted by Crippen LogP contribution is -2.54. The Labute approximate surface area is 117 Å². The zero-order valence-electron chi connectivity index (χ0n) is 12.8. The van der Waals surface area contributed by atoms with E-state index in [2.05, 4.69) is 17.6 Å². The van der Waals surface area contributed by atoms with Crippen molar-refractivity contribution in [2.24, 2.45) is 5.92 Å². The maximum absolute atomic E-state index is 12.2. The molecule has 3 atom stereocenters. The van der Waals surface area contributed by atoms with E-state index < -0.39 is 0 Å². The van der Waals surface area contributed by atoms with Crippen molar-refractivity contribution in [1.82, 2.24) is 10.6 Å². The minimum absolute atomic E-state index is 0.0501. The molecule has 0 heterocycles. The van der Waals surface area contributed by atoms with Crippen molar-refractivity contribution in [3.05, 3.63) is 0 Å². The summed E-state index contributed by atoms with van der Waals surface area (Å²) in [5.41, 5.74) is -0.157. The van der Waals surface area contributed by atoms with Crippen molar-refractivity contribution in [2.45, 2.75) is 77.4 Å². The van der Waals surface area contributed by atoms with Gasteiger partial charge in [-0.2, -0.15) is 0 Å².